The van der Waals surface area contributed by atoms with Crippen LogP contribution in [-0.2, 0) is 24.1 Å². The minimum Gasteiger partial charge on any atom is -0.353 e. The van der Waals surface area contributed by atoms with Gasteiger partial charge in [0.2, 0.25) is 5.91 Å². The van der Waals surface area contributed by atoms with Gasteiger partial charge in [0, 0.05) is 32.4 Å². The summed E-state index contributed by atoms with van der Waals surface area (Å²) >= 11 is 0. The highest BCUT2D eigenvalue weighted by Gasteiger charge is 2.12. The molecule has 1 fully saturated rings. The van der Waals surface area contributed by atoms with Crippen LogP contribution in [-0.4, -0.2) is 42.1 Å². The van der Waals surface area contributed by atoms with Gasteiger partial charge in [-0.3, -0.25) is 15.2 Å². The lowest BCUT2D eigenvalue weighted by Crippen LogP contribution is -2.44. The Hall–Kier alpha value is -2.51. The van der Waals surface area contributed by atoms with Crippen molar-refractivity contribution >= 4 is 11.7 Å². The van der Waals surface area contributed by atoms with E-state index >= 15 is 0 Å². The summed E-state index contributed by atoms with van der Waals surface area (Å²) in [5.41, 5.74) is 5.31. The van der Waals surface area contributed by atoms with E-state index in [9.17, 15) is 4.79 Å². The van der Waals surface area contributed by atoms with Crippen LogP contribution in [0.5, 0.6) is 0 Å². The van der Waals surface area contributed by atoms with E-state index in [1.165, 1.54) is 5.56 Å². The second-order valence-corrected chi connectivity index (χ2v) is 6.17. The van der Waals surface area contributed by atoms with Gasteiger partial charge in [0.15, 0.2) is 0 Å². The molecule has 1 aliphatic rings. The summed E-state index contributed by atoms with van der Waals surface area (Å²) in [6.07, 6.45) is 5.71. The number of carbonyl (C=O) groups is 1. The van der Waals surface area contributed by atoms with Crippen molar-refractivity contribution in [2.24, 2.45) is 5.84 Å². The standard InChI is InChI=1S/C18H24N6O/c19-23-18(25)11-15-3-1-14(2-4-15)5-6-16-12-21-13-17(22-16)24-9-7-20-8-10-24/h1-4,12-13,20H,5-11,19H2,(H,23,25). The molecule has 0 aliphatic carbocycles. The van der Waals surface area contributed by atoms with E-state index in [1.807, 2.05) is 36.7 Å². The quantitative estimate of drug-likeness (QED) is 0.395. The molecule has 1 saturated heterocycles. The first-order valence-corrected chi connectivity index (χ1v) is 8.58. The molecule has 4 N–H and O–H groups in total. The van der Waals surface area contributed by atoms with Crippen molar-refractivity contribution in [2.45, 2.75) is 19.3 Å². The van der Waals surface area contributed by atoms with Crippen LogP contribution in [0.3, 0.4) is 0 Å². The summed E-state index contributed by atoms with van der Waals surface area (Å²) in [6, 6.07) is 8.03. The van der Waals surface area contributed by atoms with E-state index in [1.54, 1.807) is 0 Å². The first kappa shape index (κ1) is 17.3. The van der Waals surface area contributed by atoms with Crippen LogP contribution in [0.25, 0.3) is 0 Å². The zero-order valence-electron chi connectivity index (χ0n) is 14.2. The van der Waals surface area contributed by atoms with E-state index in [-0.39, 0.29) is 5.91 Å². The SMILES string of the molecule is NNC(=O)Cc1ccc(CCc2cncc(N3CCNCC3)n2)cc1. The number of hydrazine groups is 1. The van der Waals surface area contributed by atoms with Gasteiger partial charge in [-0.25, -0.2) is 10.8 Å². The van der Waals surface area contributed by atoms with Crippen LogP contribution in [0.1, 0.15) is 16.8 Å². The maximum Gasteiger partial charge on any atom is 0.238 e. The van der Waals surface area contributed by atoms with Crippen molar-refractivity contribution in [3.63, 3.8) is 0 Å². The average Bonchev–Trinajstić information content (AvgIpc) is 2.68. The van der Waals surface area contributed by atoms with Crippen LogP contribution in [0, 0.1) is 0 Å². The van der Waals surface area contributed by atoms with Gasteiger partial charge in [0.25, 0.3) is 0 Å². The molecule has 1 aromatic carbocycles. The summed E-state index contributed by atoms with van der Waals surface area (Å²) in [7, 11) is 0. The maximum atomic E-state index is 11.3. The topological polar surface area (TPSA) is 96.2 Å². The Morgan fingerprint density at radius 3 is 2.56 bits per heavy atom. The number of benzene rings is 1. The molecule has 0 atom stereocenters. The van der Waals surface area contributed by atoms with Gasteiger partial charge in [-0.15, -0.1) is 0 Å². The third kappa shape index (κ3) is 4.98. The van der Waals surface area contributed by atoms with E-state index in [0.29, 0.717) is 6.42 Å². The van der Waals surface area contributed by atoms with E-state index < -0.39 is 0 Å². The molecule has 0 spiro atoms. The lowest BCUT2D eigenvalue weighted by Gasteiger charge is -2.28. The molecular formula is C18H24N6O. The number of nitrogens with zero attached hydrogens (tertiary/aromatic N) is 3. The number of hydrogen-bond acceptors (Lipinski definition) is 6. The normalized spacial score (nSPS) is 14.4. The predicted molar refractivity (Wildman–Crippen MR) is 97.0 cm³/mol. The van der Waals surface area contributed by atoms with E-state index in [0.717, 1.165) is 56.1 Å². The fraction of sp³-hybridized carbons (Fsp3) is 0.389. The molecule has 2 heterocycles. The molecule has 2 aromatic rings. The Bertz CT molecular complexity index is 697. The van der Waals surface area contributed by atoms with Crippen molar-refractivity contribution in [1.82, 2.24) is 20.7 Å². The van der Waals surface area contributed by atoms with E-state index in [4.69, 9.17) is 10.8 Å². The van der Waals surface area contributed by atoms with Gasteiger partial charge in [-0.2, -0.15) is 0 Å². The molecule has 1 aromatic heterocycles. The van der Waals surface area contributed by atoms with Crippen LogP contribution >= 0.6 is 0 Å². The van der Waals surface area contributed by atoms with Crippen LogP contribution in [0.4, 0.5) is 5.82 Å². The number of nitrogens with one attached hydrogen (secondary N) is 2. The molecule has 7 nitrogen and oxygen atoms in total. The summed E-state index contributed by atoms with van der Waals surface area (Å²) < 4.78 is 0. The molecule has 0 unspecified atom stereocenters. The van der Waals surface area contributed by atoms with Crippen molar-refractivity contribution in [2.75, 3.05) is 31.1 Å². The van der Waals surface area contributed by atoms with E-state index in [2.05, 4.69) is 20.6 Å². The second kappa shape index (κ2) is 8.55. The Morgan fingerprint density at radius 2 is 1.84 bits per heavy atom. The Kier molecular flexibility index (Phi) is 5.92. The zero-order chi connectivity index (χ0) is 17.5. The van der Waals surface area contributed by atoms with Gasteiger partial charge in [-0.05, 0) is 24.0 Å². The minimum absolute atomic E-state index is 0.187. The van der Waals surface area contributed by atoms with Crippen molar-refractivity contribution < 1.29 is 4.79 Å². The molecular weight excluding hydrogens is 316 g/mol. The van der Waals surface area contributed by atoms with Crippen LogP contribution in [0.2, 0.25) is 0 Å². The third-order valence-corrected chi connectivity index (χ3v) is 4.33. The molecule has 0 radical (unpaired) electrons. The number of amides is 1. The van der Waals surface area contributed by atoms with Gasteiger partial charge in [0.05, 0.1) is 18.3 Å². The summed E-state index contributed by atoms with van der Waals surface area (Å²) in [4.78, 5) is 22.6. The highest BCUT2D eigenvalue weighted by atomic mass is 16.2. The number of aromatic nitrogens is 2. The Labute approximate surface area is 147 Å². The molecule has 7 heteroatoms. The number of hydrogen-bond donors (Lipinski definition) is 3. The maximum absolute atomic E-state index is 11.3. The van der Waals surface area contributed by atoms with Gasteiger partial charge >= 0.3 is 0 Å². The number of anilines is 1. The van der Waals surface area contributed by atoms with Crippen molar-refractivity contribution in [1.29, 1.82) is 0 Å². The predicted octanol–water partition coefficient (Wildman–Crippen LogP) is 0.204. The second-order valence-electron chi connectivity index (χ2n) is 6.17. The van der Waals surface area contributed by atoms with Crippen LogP contribution in [0.15, 0.2) is 36.7 Å². The van der Waals surface area contributed by atoms with Gasteiger partial charge in [-0.1, -0.05) is 24.3 Å². The summed E-state index contributed by atoms with van der Waals surface area (Å²) in [5, 5.41) is 3.34. The first-order valence-electron chi connectivity index (χ1n) is 8.58. The monoisotopic (exact) mass is 340 g/mol. The largest absolute Gasteiger partial charge is 0.353 e. The minimum atomic E-state index is -0.187. The molecule has 0 saturated carbocycles. The number of nitrogens with two attached hydrogens (primary N) is 1. The number of rotatable bonds is 6. The fourth-order valence-electron chi connectivity index (χ4n) is 2.89. The third-order valence-electron chi connectivity index (χ3n) is 4.33. The molecule has 25 heavy (non-hydrogen) atoms. The zero-order valence-corrected chi connectivity index (χ0v) is 14.2. The first-order chi connectivity index (χ1) is 12.2. The summed E-state index contributed by atoms with van der Waals surface area (Å²) in [6.45, 7) is 3.91. The van der Waals surface area contributed by atoms with Crippen LogP contribution < -0.4 is 21.5 Å². The van der Waals surface area contributed by atoms with Gasteiger partial charge < -0.3 is 10.2 Å². The number of piperazine rings is 1. The highest BCUT2D eigenvalue weighted by molar-refractivity contribution is 5.77. The fourth-order valence-corrected chi connectivity index (χ4v) is 2.89. The Balaban J connectivity index is 1.57. The Morgan fingerprint density at radius 1 is 1.12 bits per heavy atom. The highest BCUT2D eigenvalue weighted by Crippen LogP contribution is 2.13. The summed E-state index contributed by atoms with van der Waals surface area (Å²) in [5.74, 6) is 5.88. The van der Waals surface area contributed by atoms with Crippen molar-refractivity contribution in [3.05, 3.63) is 53.5 Å². The number of carbonyl (C=O) groups excluding carboxylic acids is 1. The molecule has 0 bridgehead atoms. The molecule has 1 amide bonds. The average molecular weight is 340 g/mol. The van der Waals surface area contributed by atoms with Crippen molar-refractivity contribution in [3.8, 4) is 0 Å². The molecule has 132 valence electrons. The van der Waals surface area contributed by atoms with Gasteiger partial charge in [0.1, 0.15) is 5.82 Å². The lowest BCUT2D eigenvalue weighted by atomic mass is 10.0. The smallest absolute Gasteiger partial charge is 0.238 e. The molecule has 3 rings (SSSR count). The lowest BCUT2D eigenvalue weighted by molar-refractivity contribution is -0.120. The molecule has 1 aliphatic heterocycles. The number of aryl methyl sites for hydroxylation is 2.